The molecular weight excluding hydrogens is 337 g/mol. The normalized spacial score (nSPS) is 10.5. The Bertz CT molecular complexity index is 648. The standard InChI is InChI=1S/C17H17Cl2NOS/c1-11-6-12(2)8-13(7-11)9-22-10-16(21)20-17-14(18)4-3-5-15(17)19/h3-8H,9-10H2,1-2H3,(H,20,21). The van der Waals surface area contributed by atoms with E-state index < -0.39 is 0 Å². The second-order valence-electron chi connectivity index (χ2n) is 5.13. The molecule has 0 aliphatic rings. The minimum absolute atomic E-state index is 0.107. The van der Waals surface area contributed by atoms with Gasteiger partial charge >= 0.3 is 0 Å². The zero-order chi connectivity index (χ0) is 16.1. The minimum atomic E-state index is -0.107. The average molecular weight is 354 g/mol. The van der Waals surface area contributed by atoms with Crippen molar-refractivity contribution in [3.05, 3.63) is 63.1 Å². The fourth-order valence-electron chi connectivity index (χ4n) is 2.21. The van der Waals surface area contributed by atoms with Crippen LogP contribution in [0.15, 0.2) is 36.4 Å². The van der Waals surface area contributed by atoms with Crippen LogP contribution in [-0.4, -0.2) is 11.7 Å². The van der Waals surface area contributed by atoms with Crippen molar-refractivity contribution < 1.29 is 4.79 Å². The number of para-hydroxylation sites is 1. The van der Waals surface area contributed by atoms with Gasteiger partial charge in [0.15, 0.2) is 0 Å². The van der Waals surface area contributed by atoms with Gasteiger partial charge in [-0.15, -0.1) is 11.8 Å². The summed E-state index contributed by atoms with van der Waals surface area (Å²) in [5.41, 5.74) is 4.18. The number of hydrogen-bond acceptors (Lipinski definition) is 2. The first-order chi connectivity index (χ1) is 10.5. The van der Waals surface area contributed by atoms with Crippen molar-refractivity contribution in [1.82, 2.24) is 0 Å². The summed E-state index contributed by atoms with van der Waals surface area (Å²) in [6.45, 7) is 4.15. The molecule has 0 aliphatic heterocycles. The number of aryl methyl sites for hydroxylation is 2. The SMILES string of the molecule is Cc1cc(C)cc(CSCC(=O)Nc2c(Cl)cccc2Cl)c1. The third kappa shape index (κ3) is 4.94. The van der Waals surface area contributed by atoms with Crippen LogP contribution in [0.1, 0.15) is 16.7 Å². The molecule has 0 aromatic heterocycles. The largest absolute Gasteiger partial charge is 0.323 e. The summed E-state index contributed by atoms with van der Waals surface area (Å²) in [5.74, 6) is 1.05. The van der Waals surface area contributed by atoms with Crippen LogP contribution in [0.25, 0.3) is 0 Å². The van der Waals surface area contributed by atoms with Gasteiger partial charge in [-0.2, -0.15) is 0 Å². The predicted molar refractivity (Wildman–Crippen MR) is 97.2 cm³/mol. The van der Waals surface area contributed by atoms with Crippen molar-refractivity contribution in [2.75, 3.05) is 11.1 Å². The second-order valence-corrected chi connectivity index (χ2v) is 6.93. The molecule has 0 atom stereocenters. The lowest BCUT2D eigenvalue weighted by atomic mass is 10.1. The topological polar surface area (TPSA) is 29.1 Å². The van der Waals surface area contributed by atoms with E-state index in [4.69, 9.17) is 23.2 Å². The highest BCUT2D eigenvalue weighted by atomic mass is 35.5. The van der Waals surface area contributed by atoms with Crippen molar-refractivity contribution in [3.63, 3.8) is 0 Å². The maximum atomic E-state index is 12.0. The zero-order valence-electron chi connectivity index (χ0n) is 12.5. The number of hydrogen-bond donors (Lipinski definition) is 1. The van der Waals surface area contributed by atoms with E-state index in [1.54, 1.807) is 30.0 Å². The molecule has 5 heteroatoms. The fraction of sp³-hybridized carbons (Fsp3) is 0.235. The average Bonchev–Trinajstić information content (AvgIpc) is 2.42. The Hall–Kier alpha value is -1.16. The van der Waals surface area contributed by atoms with E-state index in [1.807, 2.05) is 0 Å². The molecule has 22 heavy (non-hydrogen) atoms. The van der Waals surface area contributed by atoms with Gasteiger partial charge in [0.05, 0.1) is 21.5 Å². The van der Waals surface area contributed by atoms with E-state index in [-0.39, 0.29) is 5.91 Å². The number of carbonyl (C=O) groups is 1. The maximum absolute atomic E-state index is 12.0. The Morgan fingerprint density at radius 1 is 1.09 bits per heavy atom. The molecule has 2 rings (SSSR count). The first kappa shape index (κ1) is 17.2. The maximum Gasteiger partial charge on any atom is 0.234 e. The third-order valence-electron chi connectivity index (χ3n) is 3.01. The van der Waals surface area contributed by atoms with Crippen LogP contribution in [0.3, 0.4) is 0 Å². The molecule has 0 heterocycles. The molecule has 2 nitrogen and oxygen atoms in total. The summed E-state index contributed by atoms with van der Waals surface area (Å²) in [6, 6.07) is 11.6. The minimum Gasteiger partial charge on any atom is -0.323 e. The van der Waals surface area contributed by atoms with E-state index in [2.05, 4.69) is 37.4 Å². The number of halogens is 2. The molecule has 0 unspecified atom stereocenters. The van der Waals surface area contributed by atoms with Gasteiger partial charge in [0.25, 0.3) is 0 Å². The molecule has 0 bridgehead atoms. The number of carbonyl (C=O) groups excluding carboxylic acids is 1. The van der Waals surface area contributed by atoms with Crippen LogP contribution in [0.5, 0.6) is 0 Å². The number of anilines is 1. The number of amides is 1. The number of benzene rings is 2. The zero-order valence-corrected chi connectivity index (χ0v) is 14.8. The van der Waals surface area contributed by atoms with Crippen LogP contribution in [-0.2, 0) is 10.5 Å². The Labute approximate surface area is 145 Å². The Morgan fingerprint density at radius 3 is 2.27 bits per heavy atom. The van der Waals surface area contributed by atoms with E-state index in [9.17, 15) is 4.79 Å². The molecule has 116 valence electrons. The summed E-state index contributed by atoms with van der Waals surface area (Å²) in [5, 5.41) is 3.65. The second kappa shape index (κ2) is 7.91. The highest BCUT2D eigenvalue weighted by Gasteiger charge is 2.09. The highest BCUT2D eigenvalue weighted by Crippen LogP contribution is 2.30. The van der Waals surface area contributed by atoms with Crippen LogP contribution in [0, 0.1) is 13.8 Å². The number of thioether (sulfide) groups is 1. The molecule has 2 aromatic carbocycles. The summed E-state index contributed by atoms with van der Waals surface area (Å²) in [4.78, 5) is 12.0. The van der Waals surface area contributed by atoms with Crippen LogP contribution in [0.2, 0.25) is 10.0 Å². The summed E-state index contributed by atoms with van der Waals surface area (Å²) < 4.78 is 0. The lowest BCUT2D eigenvalue weighted by molar-refractivity contribution is -0.113. The highest BCUT2D eigenvalue weighted by molar-refractivity contribution is 7.99. The van der Waals surface area contributed by atoms with E-state index in [1.165, 1.54) is 16.7 Å². The van der Waals surface area contributed by atoms with Crippen molar-refractivity contribution in [3.8, 4) is 0 Å². The van der Waals surface area contributed by atoms with Crippen LogP contribution in [0.4, 0.5) is 5.69 Å². The number of nitrogens with one attached hydrogen (secondary N) is 1. The summed E-state index contributed by atoms with van der Waals surface area (Å²) in [7, 11) is 0. The fourth-order valence-corrected chi connectivity index (χ4v) is 3.46. The van der Waals surface area contributed by atoms with Gasteiger partial charge in [-0.3, -0.25) is 4.79 Å². The summed E-state index contributed by atoms with van der Waals surface area (Å²) in [6.07, 6.45) is 0. The van der Waals surface area contributed by atoms with Gasteiger partial charge in [-0.05, 0) is 31.5 Å². The van der Waals surface area contributed by atoms with Crippen molar-refractivity contribution in [2.45, 2.75) is 19.6 Å². The van der Waals surface area contributed by atoms with E-state index >= 15 is 0 Å². The monoisotopic (exact) mass is 353 g/mol. The molecule has 2 aromatic rings. The predicted octanol–water partition coefficient (Wildman–Crippen LogP) is 5.48. The molecule has 0 fully saturated rings. The first-order valence-corrected chi connectivity index (χ1v) is 8.75. The lowest BCUT2D eigenvalue weighted by Gasteiger charge is -2.09. The molecule has 1 amide bonds. The van der Waals surface area contributed by atoms with Gasteiger partial charge in [0, 0.05) is 5.75 Å². The first-order valence-electron chi connectivity index (χ1n) is 6.84. The van der Waals surface area contributed by atoms with Gasteiger partial charge in [0.2, 0.25) is 5.91 Å². The van der Waals surface area contributed by atoms with Gasteiger partial charge in [0.1, 0.15) is 0 Å². The van der Waals surface area contributed by atoms with E-state index in [0.717, 1.165) is 5.75 Å². The Morgan fingerprint density at radius 2 is 1.68 bits per heavy atom. The molecule has 0 radical (unpaired) electrons. The molecule has 0 spiro atoms. The summed E-state index contributed by atoms with van der Waals surface area (Å²) >= 11 is 13.6. The molecule has 0 saturated heterocycles. The molecular formula is C17H17Cl2NOS. The smallest absolute Gasteiger partial charge is 0.234 e. The lowest BCUT2D eigenvalue weighted by Crippen LogP contribution is -2.14. The van der Waals surface area contributed by atoms with Crippen molar-refractivity contribution >= 4 is 46.6 Å². The molecule has 1 N–H and O–H groups in total. The quantitative estimate of drug-likeness (QED) is 0.770. The Kier molecular flexibility index (Phi) is 6.18. The van der Waals surface area contributed by atoms with E-state index in [0.29, 0.717) is 21.5 Å². The van der Waals surface area contributed by atoms with Crippen molar-refractivity contribution in [2.24, 2.45) is 0 Å². The number of rotatable bonds is 5. The molecule has 0 aliphatic carbocycles. The van der Waals surface area contributed by atoms with Gasteiger partial charge in [-0.1, -0.05) is 58.6 Å². The van der Waals surface area contributed by atoms with Gasteiger partial charge < -0.3 is 5.32 Å². The van der Waals surface area contributed by atoms with Crippen LogP contribution < -0.4 is 5.32 Å². The molecule has 0 saturated carbocycles. The Balaban J connectivity index is 1.88. The van der Waals surface area contributed by atoms with Gasteiger partial charge in [-0.25, -0.2) is 0 Å². The van der Waals surface area contributed by atoms with Crippen molar-refractivity contribution in [1.29, 1.82) is 0 Å². The third-order valence-corrected chi connectivity index (χ3v) is 4.64. The van der Waals surface area contributed by atoms with Crippen LogP contribution >= 0.6 is 35.0 Å².